The topological polar surface area (TPSA) is 246 Å². The average Bonchev–Trinajstić information content (AvgIpc) is 3.49. The van der Waals surface area contributed by atoms with Gasteiger partial charge in [0.2, 0.25) is 6.29 Å². The van der Waals surface area contributed by atoms with Crippen LogP contribution >= 0.6 is 0 Å². The van der Waals surface area contributed by atoms with Gasteiger partial charge in [-0.25, -0.2) is 9.59 Å². The molecule has 0 aliphatic carbocycles. The van der Waals surface area contributed by atoms with Gasteiger partial charge in [-0.1, -0.05) is 135 Å². The van der Waals surface area contributed by atoms with Gasteiger partial charge in [0.1, 0.15) is 83.0 Å². The van der Waals surface area contributed by atoms with Crippen LogP contribution in [0.25, 0.3) is 21.9 Å². The number of fused-ring (bicyclic) bond motifs is 2. The first-order valence-corrected chi connectivity index (χ1v) is 26.7. The molecule has 0 saturated carbocycles. The minimum Gasteiger partial charge on any atom is -0.508 e. The molecule has 17 heteroatoms. The molecule has 0 bridgehead atoms. The van der Waals surface area contributed by atoms with Gasteiger partial charge in [-0.2, -0.15) is 0 Å². The van der Waals surface area contributed by atoms with Crippen LogP contribution in [0.1, 0.15) is 86.1 Å². The number of phenolic OH excluding ortho intramolecular Hbond substituents is 1. The Kier molecular flexibility index (Phi) is 19.2. The number of aliphatic hydroxyl groups is 5. The lowest BCUT2D eigenvalue weighted by molar-refractivity contribution is -0.319. The number of ether oxygens (including phenoxy) is 7. The minimum atomic E-state index is -1.36. The van der Waals surface area contributed by atoms with Crippen LogP contribution in [0.3, 0.4) is 0 Å². The third-order valence-electron chi connectivity index (χ3n) is 15.1. The molecular weight excluding hydrogens is 1040 g/mol. The third kappa shape index (κ3) is 13.0. The molecule has 2 aliphatic rings. The van der Waals surface area contributed by atoms with Crippen molar-refractivity contribution in [3.05, 3.63) is 212 Å². The highest BCUT2D eigenvalue weighted by Crippen LogP contribution is 2.40. The maximum atomic E-state index is 12.7. The number of aliphatic hydroxyl groups excluding tert-OH is 5. The second-order valence-corrected chi connectivity index (χ2v) is 20.4. The van der Waals surface area contributed by atoms with Crippen molar-refractivity contribution in [1.29, 1.82) is 0 Å². The highest BCUT2D eigenvalue weighted by atomic mass is 16.7. The summed E-state index contributed by atoms with van der Waals surface area (Å²) in [6.07, 6.45) is -8.68. The highest BCUT2D eigenvalue weighted by Gasteiger charge is 2.52. The lowest BCUT2D eigenvalue weighted by Gasteiger charge is -2.47. The predicted octanol–water partition coefficient (Wildman–Crippen LogP) is 9.13. The van der Waals surface area contributed by atoms with Crippen molar-refractivity contribution in [1.82, 2.24) is 0 Å². The van der Waals surface area contributed by atoms with Crippen LogP contribution in [0, 0.1) is 13.8 Å². The van der Waals surface area contributed by atoms with E-state index in [-0.39, 0.29) is 11.9 Å². The molecule has 17 nitrogen and oxygen atoms in total. The molecule has 10 rings (SSSR count). The van der Waals surface area contributed by atoms with E-state index < -0.39 is 77.8 Å². The molecule has 0 amide bonds. The zero-order chi connectivity index (χ0) is 58.2. The molecule has 2 aromatic heterocycles. The smallest absolute Gasteiger partial charge is 0.339 e. The molecule has 6 aromatic carbocycles. The number of hydrogen-bond donors (Lipinski definition) is 6. The number of aryl methyl sites for hydroxylation is 2. The van der Waals surface area contributed by atoms with E-state index in [1.54, 1.807) is 52.0 Å². The Labute approximate surface area is 469 Å². The van der Waals surface area contributed by atoms with Crippen LogP contribution in [0.5, 0.6) is 23.0 Å². The van der Waals surface area contributed by atoms with E-state index in [2.05, 4.69) is 0 Å². The fourth-order valence-electron chi connectivity index (χ4n) is 10.2. The van der Waals surface area contributed by atoms with Crippen molar-refractivity contribution in [3.63, 3.8) is 0 Å². The summed E-state index contributed by atoms with van der Waals surface area (Å²) in [5.74, 6) is 1.19. The second-order valence-electron chi connectivity index (χ2n) is 20.4. The Morgan fingerprint density at radius 1 is 0.494 bits per heavy atom. The molecule has 81 heavy (non-hydrogen) atoms. The first kappa shape index (κ1) is 59.7. The summed E-state index contributed by atoms with van der Waals surface area (Å²) in [6, 6.07) is 48.6. The number of hydrogen-bond acceptors (Lipinski definition) is 17. The molecule has 2 unspecified atom stereocenters. The van der Waals surface area contributed by atoms with Gasteiger partial charge in [0.25, 0.3) is 0 Å². The monoisotopic (exact) mass is 1110 g/mol. The molecule has 428 valence electrons. The molecule has 0 radical (unpaired) electrons. The van der Waals surface area contributed by atoms with Gasteiger partial charge in [0.05, 0.1) is 34.1 Å². The lowest BCUT2D eigenvalue weighted by atomic mass is 9.86. The van der Waals surface area contributed by atoms with Gasteiger partial charge in [0, 0.05) is 25.3 Å². The Hall–Kier alpha value is -7.42. The van der Waals surface area contributed by atoms with Gasteiger partial charge >= 0.3 is 11.3 Å². The van der Waals surface area contributed by atoms with Crippen molar-refractivity contribution < 1.29 is 72.6 Å². The van der Waals surface area contributed by atoms with E-state index in [1.807, 2.05) is 135 Å². The number of benzene rings is 6. The number of phenols is 1. The number of methoxy groups -OCH3 is 2. The highest BCUT2D eigenvalue weighted by molar-refractivity contribution is 5.88. The van der Waals surface area contributed by atoms with E-state index in [0.29, 0.717) is 63.2 Å². The summed E-state index contributed by atoms with van der Waals surface area (Å²) >= 11 is 0. The van der Waals surface area contributed by atoms with E-state index in [4.69, 9.17) is 42.0 Å². The lowest BCUT2D eigenvalue weighted by Crippen LogP contribution is -2.64. The number of aromatic hydroxyl groups is 1. The van der Waals surface area contributed by atoms with Crippen LogP contribution in [0.2, 0.25) is 0 Å². The first-order valence-electron chi connectivity index (χ1n) is 26.7. The molecule has 10 atom stereocenters. The van der Waals surface area contributed by atoms with Gasteiger partial charge in [-0.3, -0.25) is 0 Å². The Bertz CT molecular complexity index is 3370. The summed E-state index contributed by atoms with van der Waals surface area (Å²) in [6.45, 7) is 10.8. The van der Waals surface area contributed by atoms with Crippen molar-refractivity contribution in [2.75, 3.05) is 14.2 Å². The summed E-state index contributed by atoms with van der Waals surface area (Å²) in [5, 5.41) is 61.0. The fourth-order valence-corrected chi connectivity index (χ4v) is 10.2. The number of rotatable bonds is 14. The Morgan fingerprint density at radius 3 is 1.28 bits per heavy atom. The van der Waals surface area contributed by atoms with Crippen LogP contribution < -0.4 is 25.5 Å². The zero-order valence-corrected chi connectivity index (χ0v) is 46.4. The van der Waals surface area contributed by atoms with Gasteiger partial charge < -0.3 is 72.6 Å². The van der Waals surface area contributed by atoms with Crippen molar-refractivity contribution >= 4 is 21.9 Å². The zero-order valence-electron chi connectivity index (χ0n) is 46.4. The normalized spacial score (nSPS) is 24.4. The maximum absolute atomic E-state index is 12.7. The summed E-state index contributed by atoms with van der Waals surface area (Å²) in [7, 11) is 2.91. The van der Waals surface area contributed by atoms with Crippen LogP contribution in [0.15, 0.2) is 176 Å². The molecule has 2 saturated heterocycles. The van der Waals surface area contributed by atoms with Gasteiger partial charge in [-0.15, -0.1) is 0 Å². The molecule has 8 aromatic rings. The van der Waals surface area contributed by atoms with E-state index in [9.17, 15) is 40.2 Å². The van der Waals surface area contributed by atoms with Gasteiger partial charge in [0.15, 0.2) is 6.29 Å². The van der Waals surface area contributed by atoms with Crippen molar-refractivity contribution in [2.24, 2.45) is 0 Å². The Morgan fingerprint density at radius 2 is 0.877 bits per heavy atom. The van der Waals surface area contributed by atoms with Crippen molar-refractivity contribution in [3.8, 4) is 23.0 Å². The standard InChI is InChI=1S/C32H34O8.C23H18O4.C9H18O5/c1-5-32(3)30(36-4)26(34)27(35)31(40-32)38-23-17-16-22-24(18-25(33)39-28(22)19(23)2)37-29(20-12-8-6-9-13-20)21-14-10-7-11-15-21;1-15-19(24)13-12-18-20(14-21(25)27-22(15)18)26-23(16-8-4-2-5-9-16)17-10-6-3-7-11-17;1-4-9(2)7(13-3)5(10)6(11)8(12)14-9/h6-18,26-27,29-31,34-35H,5H2,1-4H3;2-14,23-24H,1H3;5-8,10-12H,4H2,1-3H3/t26-,27+,30+,31?,32-;;5-,6+,7+,8?,9-/m0.0/s1. The molecule has 2 fully saturated rings. The van der Waals surface area contributed by atoms with E-state index in [1.165, 1.54) is 26.4 Å². The fraction of sp³-hybridized carbons (Fsp3) is 0.344. The largest absolute Gasteiger partial charge is 0.508 e. The van der Waals surface area contributed by atoms with Crippen LogP contribution in [-0.4, -0.2) is 105 Å². The molecule has 0 spiro atoms. The molecular formula is C64H70O17. The Balaban J connectivity index is 0.000000180. The van der Waals surface area contributed by atoms with Crippen LogP contribution in [0.4, 0.5) is 0 Å². The summed E-state index contributed by atoms with van der Waals surface area (Å²) < 4.78 is 51.7. The predicted molar refractivity (Wildman–Crippen MR) is 302 cm³/mol. The van der Waals surface area contributed by atoms with E-state index >= 15 is 0 Å². The van der Waals surface area contributed by atoms with Crippen LogP contribution in [-0.2, 0) is 18.9 Å². The first-order chi connectivity index (χ1) is 38.8. The van der Waals surface area contributed by atoms with Crippen molar-refractivity contribution in [2.45, 2.75) is 127 Å². The summed E-state index contributed by atoms with van der Waals surface area (Å²) in [5.41, 5.74) is 2.70. The SMILES string of the molecule is CC[C@]1(C)OC(O)[C@H](O)[C@H](O)[C@H]1OC.CC[C@]1(C)OC(Oc2ccc3c(OC(c4ccccc4)c4ccccc4)cc(=O)oc3c2C)[C@H](O)[C@H](O)[C@H]1OC.Cc1c(O)ccc2c(OC(c3ccccc3)c3ccccc3)cc(=O)oc12. The molecule has 4 heterocycles. The molecule has 2 aliphatic heterocycles. The third-order valence-corrected chi connectivity index (χ3v) is 15.1. The quantitative estimate of drug-likeness (QED) is 0.0556. The minimum absolute atomic E-state index is 0.0745. The second kappa shape index (κ2) is 26.0. The average molecular weight is 1110 g/mol. The summed E-state index contributed by atoms with van der Waals surface area (Å²) in [4.78, 5) is 24.8. The van der Waals surface area contributed by atoms with Gasteiger partial charge in [-0.05, 0) is 87.1 Å². The molecule has 6 N–H and O–H groups in total. The maximum Gasteiger partial charge on any atom is 0.339 e. The van der Waals surface area contributed by atoms with E-state index in [0.717, 1.165) is 22.3 Å².